The smallest absolute Gasteiger partial charge is 0.0593 e. The Morgan fingerprint density at radius 2 is 2.21 bits per heavy atom. The summed E-state index contributed by atoms with van der Waals surface area (Å²) in [4.78, 5) is 2.30. The Bertz CT molecular complexity index is 125. The molecule has 0 rings (SSSR count). The van der Waals surface area contributed by atoms with Crippen molar-refractivity contribution < 1.29 is 4.74 Å². The summed E-state index contributed by atoms with van der Waals surface area (Å²) in [6.45, 7) is 5.34. The highest BCUT2D eigenvalue weighted by molar-refractivity contribution is 7.98. The number of thioether (sulfide) groups is 1. The highest BCUT2D eigenvalue weighted by atomic mass is 32.2. The summed E-state index contributed by atoms with van der Waals surface area (Å²) in [6.07, 6.45) is 3.30. The van der Waals surface area contributed by atoms with E-state index in [1.165, 1.54) is 12.2 Å². The lowest BCUT2D eigenvalue weighted by molar-refractivity contribution is 0.108. The molecule has 0 saturated heterocycles. The van der Waals surface area contributed by atoms with Gasteiger partial charge in [-0.1, -0.05) is 0 Å². The summed E-state index contributed by atoms with van der Waals surface area (Å²) in [5, 5.41) is 0. The summed E-state index contributed by atoms with van der Waals surface area (Å²) < 4.78 is 5.32. The Morgan fingerprint density at radius 1 is 1.50 bits per heavy atom. The van der Waals surface area contributed by atoms with Gasteiger partial charge in [0.2, 0.25) is 0 Å². The third kappa shape index (κ3) is 6.65. The van der Waals surface area contributed by atoms with Gasteiger partial charge in [-0.05, 0) is 32.4 Å². The molecule has 0 saturated carbocycles. The van der Waals surface area contributed by atoms with Crippen molar-refractivity contribution in [1.82, 2.24) is 4.90 Å². The van der Waals surface area contributed by atoms with Gasteiger partial charge in [-0.3, -0.25) is 4.90 Å². The van der Waals surface area contributed by atoms with Crippen molar-refractivity contribution in [2.24, 2.45) is 5.73 Å². The number of nitrogens with zero attached hydrogens (tertiary/aromatic N) is 1. The van der Waals surface area contributed by atoms with Gasteiger partial charge in [0.05, 0.1) is 6.61 Å². The first-order valence-corrected chi connectivity index (χ1v) is 6.62. The summed E-state index contributed by atoms with van der Waals surface area (Å²) in [5.41, 5.74) is 5.73. The minimum Gasteiger partial charge on any atom is -0.380 e. The highest BCUT2D eigenvalue weighted by Gasteiger charge is 2.11. The monoisotopic (exact) mass is 220 g/mol. The van der Waals surface area contributed by atoms with Crippen LogP contribution in [0.15, 0.2) is 0 Å². The molecule has 0 aliphatic rings. The lowest BCUT2D eigenvalue weighted by Gasteiger charge is -2.26. The molecule has 0 heterocycles. The lowest BCUT2D eigenvalue weighted by atomic mass is 10.2. The van der Waals surface area contributed by atoms with Crippen LogP contribution in [0.2, 0.25) is 0 Å². The van der Waals surface area contributed by atoms with Crippen molar-refractivity contribution in [3.8, 4) is 0 Å². The standard InChI is InChI=1S/C10H24N2OS/c1-4-13-7-6-12(2)10(9-11)5-8-14-3/h10H,4-9,11H2,1-3H3. The molecule has 1 atom stereocenters. The van der Waals surface area contributed by atoms with Crippen LogP contribution in [0.4, 0.5) is 0 Å². The van der Waals surface area contributed by atoms with Crippen LogP contribution < -0.4 is 5.73 Å². The second-order valence-electron chi connectivity index (χ2n) is 3.35. The Morgan fingerprint density at radius 3 is 2.71 bits per heavy atom. The summed E-state index contributed by atoms with van der Waals surface area (Å²) in [7, 11) is 2.12. The van der Waals surface area contributed by atoms with Gasteiger partial charge in [-0.25, -0.2) is 0 Å². The quantitative estimate of drug-likeness (QED) is 0.589. The second-order valence-corrected chi connectivity index (χ2v) is 4.33. The maximum atomic E-state index is 5.73. The zero-order valence-electron chi connectivity index (χ0n) is 9.66. The molecule has 0 aromatic rings. The highest BCUT2D eigenvalue weighted by Crippen LogP contribution is 2.05. The number of likely N-dealkylation sites (N-methyl/N-ethyl adjacent to an activating group) is 1. The fourth-order valence-corrected chi connectivity index (χ4v) is 1.82. The summed E-state index contributed by atoms with van der Waals surface area (Å²) in [6, 6.07) is 0.503. The molecule has 86 valence electrons. The van der Waals surface area contributed by atoms with Gasteiger partial charge in [0.25, 0.3) is 0 Å². The predicted octanol–water partition coefficient (Wildman–Crippen LogP) is 1.04. The van der Waals surface area contributed by atoms with Crippen molar-refractivity contribution in [1.29, 1.82) is 0 Å². The number of hydrogen-bond acceptors (Lipinski definition) is 4. The fraction of sp³-hybridized carbons (Fsp3) is 1.00. The zero-order valence-corrected chi connectivity index (χ0v) is 10.5. The van der Waals surface area contributed by atoms with Crippen LogP contribution in [-0.4, -0.2) is 56.3 Å². The van der Waals surface area contributed by atoms with Crippen LogP contribution in [0.1, 0.15) is 13.3 Å². The Kier molecular flexibility index (Phi) is 9.93. The van der Waals surface area contributed by atoms with Gasteiger partial charge in [-0.2, -0.15) is 11.8 Å². The lowest BCUT2D eigenvalue weighted by Crippen LogP contribution is -2.40. The van der Waals surface area contributed by atoms with Gasteiger partial charge in [0, 0.05) is 25.7 Å². The average Bonchev–Trinajstić information content (AvgIpc) is 2.19. The van der Waals surface area contributed by atoms with E-state index >= 15 is 0 Å². The van der Waals surface area contributed by atoms with E-state index in [0.717, 1.165) is 26.3 Å². The van der Waals surface area contributed by atoms with Crippen molar-refractivity contribution in [2.45, 2.75) is 19.4 Å². The molecule has 0 aliphatic carbocycles. The van der Waals surface area contributed by atoms with E-state index < -0.39 is 0 Å². The van der Waals surface area contributed by atoms with Gasteiger partial charge in [0.15, 0.2) is 0 Å². The van der Waals surface area contributed by atoms with E-state index in [4.69, 9.17) is 10.5 Å². The zero-order chi connectivity index (χ0) is 10.8. The van der Waals surface area contributed by atoms with Crippen molar-refractivity contribution >= 4 is 11.8 Å². The minimum atomic E-state index is 0.503. The Balaban J connectivity index is 3.61. The van der Waals surface area contributed by atoms with Crippen LogP contribution in [0.25, 0.3) is 0 Å². The molecule has 0 fully saturated rings. The largest absolute Gasteiger partial charge is 0.380 e. The fourth-order valence-electron chi connectivity index (χ4n) is 1.31. The molecule has 0 aliphatic heterocycles. The first-order valence-electron chi connectivity index (χ1n) is 5.23. The molecule has 0 bridgehead atoms. The van der Waals surface area contributed by atoms with E-state index in [-0.39, 0.29) is 0 Å². The van der Waals surface area contributed by atoms with Crippen molar-refractivity contribution in [2.75, 3.05) is 45.4 Å². The molecule has 2 N–H and O–H groups in total. The topological polar surface area (TPSA) is 38.5 Å². The number of hydrogen-bond donors (Lipinski definition) is 1. The molecule has 0 aromatic heterocycles. The van der Waals surface area contributed by atoms with Crippen LogP contribution in [0.3, 0.4) is 0 Å². The van der Waals surface area contributed by atoms with E-state index in [0.29, 0.717) is 6.04 Å². The summed E-state index contributed by atoms with van der Waals surface area (Å²) >= 11 is 1.88. The summed E-state index contributed by atoms with van der Waals surface area (Å²) in [5.74, 6) is 1.18. The molecule has 0 radical (unpaired) electrons. The molecule has 3 nitrogen and oxygen atoms in total. The van der Waals surface area contributed by atoms with E-state index in [1.807, 2.05) is 18.7 Å². The normalized spacial score (nSPS) is 13.5. The molecular weight excluding hydrogens is 196 g/mol. The SMILES string of the molecule is CCOCCN(C)C(CN)CCSC. The van der Waals surface area contributed by atoms with Gasteiger partial charge in [0.1, 0.15) is 0 Å². The number of rotatable bonds is 9. The van der Waals surface area contributed by atoms with E-state index in [9.17, 15) is 0 Å². The molecular formula is C10H24N2OS. The molecule has 4 heteroatoms. The molecule has 0 spiro atoms. The maximum Gasteiger partial charge on any atom is 0.0593 e. The first kappa shape index (κ1) is 14.2. The molecule has 1 unspecified atom stereocenters. The molecule has 0 aromatic carbocycles. The third-order valence-corrected chi connectivity index (χ3v) is 2.99. The Labute approximate surface area is 92.4 Å². The number of nitrogens with two attached hydrogens (primary N) is 1. The third-order valence-electron chi connectivity index (χ3n) is 2.34. The van der Waals surface area contributed by atoms with Crippen LogP contribution in [0.5, 0.6) is 0 Å². The average molecular weight is 220 g/mol. The van der Waals surface area contributed by atoms with Gasteiger partial charge >= 0.3 is 0 Å². The van der Waals surface area contributed by atoms with Crippen molar-refractivity contribution in [3.05, 3.63) is 0 Å². The molecule has 0 amide bonds. The van der Waals surface area contributed by atoms with Crippen molar-refractivity contribution in [3.63, 3.8) is 0 Å². The van der Waals surface area contributed by atoms with Crippen LogP contribution in [0, 0.1) is 0 Å². The maximum absolute atomic E-state index is 5.73. The first-order chi connectivity index (χ1) is 6.76. The second kappa shape index (κ2) is 9.77. The van der Waals surface area contributed by atoms with E-state index in [2.05, 4.69) is 18.2 Å². The Hall–Kier alpha value is 0.230. The van der Waals surface area contributed by atoms with Crippen LogP contribution in [-0.2, 0) is 4.74 Å². The molecule has 14 heavy (non-hydrogen) atoms. The van der Waals surface area contributed by atoms with Crippen LogP contribution >= 0.6 is 11.8 Å². The van der Waals surface area contributed by atoms with Gasteiger partial charge in [-0.15, -0.1) is 0 Å². The van der Waals surface area contributed by atoms with E-state index in [1.54, 1.807) is 0 Å². The van der Waals surface area contributed by atoms with Gasteiger partial charge < -0.3 is 10.5 Å². The minimum absolute atomic E-state index is 0.503. The predicted molar refractivity (Wildman–Crippen MR) is 65.0 cm³/mol. The number of ether oxygens (including phenoxy) is 1.